The molecular weight excluding hydrogens is 169 g/mol. The van der Waals surface area contributed by atoms with Crippen molar-refractivity contribution in [2.75, 3.05) is 26.9 Å². The van der Waals surface area contributed by atoms with Gasteiger partial charge in [-0.3, -0.25) is 0 Å². The van der Waals surface area contributed by atoms with Gasteiger partial charge in [-0.2, -0.15) is 0 Å². The van der Waals surface area contributed by atoms with Gasteiger partial charge in [0.05, 0.1) is 13.2 Å². The Labute approximate surface area is 66.5 Å². The lowest BCUT2D eigenvalue weighted by Gasteiger charge is -2.33. The highest BCUT2D eigenvalue weighted by molar-refractivity contribution is 7.42. The Morgan fingerprint density at radius 2 is 2.36 bits per heavy atom. The summed E-state index contributed by atoms with van der Waals surface area (Å²) < 4.78 is 11.5. The molecule has 0 bridgehead atoms. The zero-order valence-electron chi connectivity index (χ0n) is 6.30. The molecule has 1 heterocycles. The highest BCUT2D eigenvalue weighted by Gasteiger charge is 2.27. The van der Waals surface area contributed by atoms with Gasteiger partial charge in [0.15, 0.2) is 0 Å². The molecule has 11 heavy (non-hydrogen) atoms. The van der Waals surface area contributed by atoms with E-state index < -0.39 is 8.53 Å². The zero-order valence-corrected chi connectivity index (χ0v) is 7.20. The van der Waals surface area contributed by atoms with E-state index >= 15 is 0 Å². The van der Waals surface area contributed by atoms with Crippen LogP contribution in [0.25, 0.3) is 0 Å². The summed E-state index contributed by atoms with van der Waals surface area (Å²) in [5.41, 5.74) is 0. The topological polar surface area (TPSA) is 62.2 Å². The van der Waals surface area contributed by atoms with Gasteiger partial charge >= 0.3 is 0 Å². The van der Waals surface area contributed by atoms with Crippen LogP contribution in [0.4, 0.5) is 0 Å². The molecule has 0 radical (unpaired) electrons. The molecule has 0 aromatic heterocycles. The maximum absolute atomic E-state index is 8.89. The van der Waals surface area contributed by atoms with E-state index in [1.54, 1.807) is 0 Å². The Bertz CT molecular complexity index is 123. The lowest BCUT2D eigenvalue weighted by Crippen LogP contribution is -2.43. The van der Waals surface area contributed by atoms with E-state index in [4.69, 9.17) is 19.3 Å². The third-order valence-corrected chi connectivity index (χ3v) is 2.48. The summed E-state index contributed by atoms with van der Waals surface area (Å²) >= 11 is 0. The number of nitrogens with zero attached hydrogens (tertiary/aromatic N) is 1. The fourth-order valence-electron chi connectivity index (χ4n) is 0.967. The van der Waals surface area contributed by atoms with Crippen LogP contribution in [-0.4, -0.2) is 47.6 Å². The Hall–Kier alpha value is 0.230. The van der Waals surface area contributed by atoms with E-state index in [1.165, 1.54) is 11.8 Å². The van der Waals surface area contributed by atoms with Crippen molar-refractivity contribution < 1.29 is 19.3 Å². The van der Waals surface area contributed by atoms with Crippen LogP contribution < -0.4 is 0 Å². The quantitative estimate of drug-likeness (QED) is 0.562. The van der Waals surface area contributed by atoms with Crippen LogP contribution in [0.5, 0.6) is 0 Å². The van der Waals surface area contributed by atoms with Gasteiger partial charge in [-0.05, 0) is 0 Å². The predicted octanol–water partition coefficient (Wildman–Crippen LogP) is -0.497. The van der Waals surface area contributed by atoms with E-state index in [0.717, 1.165) is 0 Å². The summed E-state index contributed by atoms with van der Waals surface area (Å²) in [4.78, 5) is 17.8. The molecule has 0 aromatic carbocycles. The van der Waals surface area contributed by atoms with Crippen molar-refractivity contribution in [2.45, 2.75) is 6.23 Å². The molecule has 0 saturated carbocycles. The van der Waals surface area contributed by atoms with Crippen molar-refractivity contribution >= 4 is 8.53 Å². The molecule has 1 rings (SSSR count). The average Bonchev–Trinajstić information content (AvgIpc) is 2.04. The predicted molar refractivity (Wildman–Crippen MR) is 39.7 cm³/mol. The molecule has 0 aliphatic carbocycles. The number of hydrogen-bond donors (Lipinski definition) is 2. The fraction of sp³-hybridized carbons (Fsp3) is 1.00. The first kappa shape index (κ1) is 9.32. The molecule has 1 aliphatic rings. The summed E-state index contributed by atoms with van der Waals surface area (Å²) in [7, 11) is -0.516. The smallest absolute Gasteiger partial charge is 0.255 e. The van der Waals surface area contributed by atoms with Gasteiger partial charge in [0.2, 0.25) is 0 Å². The van der Waals surface area contributed by atoms with Gasteiger partial charge in [-0.15, -0.1) is 0 Å². The SMILES string of the molecule is COC1COCCN1P(O)O. The van der Waals surface area contributed by atoms with Crippen molar-refractivity contribution in [3.8, 4) is 0 Å². The second-order valence-corrected chi connectivity index (χ2v) is 3.25. The monoisotopic (exact) mass is 181 g/mol. The number of methoxy groups -OCH3 is 1. The summed E-state index contributed by atoms with van der Waals surface area (Å²) in [5, 5.41) is 0. The first-order valence-corrected chi connectivity index (χ1v) is 4.50. The minimum Gasteiger partial charge on any atom is -0.376 e. The molecule has 6 heteroatoms. The Kier molecular flexibility index (Phi) is 3.65. The van der Waals surface area contributed by atoms with Crippen molar-refractivity contribution in [2.24, 2.45) is 0 Å². The lowest BCUT2D eigenvalue weighted by molar-refractivity contribution is -0.0924. The molecule has 1 atom stereocenters. The second-order valence-electron chi connectivity index (χ2n) is 2.20. The van der Waals surface area contributed by atoms with Crippen LogP contribution >= 0.6 is 8.53 Å². The third kappa shape index (κ3) is 2.33. The third-order valence-electron chi connectivity index (χ3n) is 1.56. The molecular formula is C5H12NO4P. The normalized spacial score (nSPS) is 27.8. The summed E-state index contributed by atoms with van der Waals surface area (Å²) in [6.45, 7) is 1.44. The van der Waals surface area contributed by atoms with E-state index in [1.807, 2.05) is 0 Å². The van der Waals surface area contributed by atoms with Gasteiger partial charge < -0.3 is 19.3 Å². The van der Waals surface area contributed by atoms with E-state index in [9.17, 15) is 0 Å². The fourth-order valence-corrected chi connectivity index (χ4v) is 1.62. The zero-order chi connectivity index (χ0) is 8.27. The maximum Gasteiger partial charge on any atom is 0.255 e. The second kappa shape index (κ2) is 4.30. The summed E-state index contributed by atoms with van der Waals surface area (Å²) in [5.74, 6) is 0. The van der Waals surface area contributed by atoms with Gasteiger partial charge in [0.25, 0.3) is 8.53 Å². The molecule has 66 valence electrons. The van der Waals surface area contributed by atoms with E-state index in [-0.39, 0.29) is 6.23 Å². The van der Waals surface area contributed by atoms with Gasteiger partial charge in [0.1, 0.15) is 6.23 Å². The van der Waals surface area contributed by atoms with Crippen molar-refractivity contribution in [3.63, 3.8) is 0 Å². The Morgan fingerprint density at radius 3 is 2.82 bits per heavy atom. The number of morpholine rings is 1. The van der Waals surface area contributed by atoms with Crippen LogP contribution in [0, 0.1) is 0 Å². The van der Waals surface area contributed by atoms with Crippen LogP contribution in [0.15, 0.2) is 0 Å². The molecule has 0 amide bonds. The average molecular weight is 181 g/mol. The standard InChI is InChI=1S/C5H12NO4P/c1-9-5-4-10-3-2-6(5)11(7)8/h5,7-8H,2-4H2,1H3. The van der Waals surface area contributed by atoms with Gasteiger partial charge in [0, 0.05) is 13.7 Å². The molecule has 0 spiro atoms. The number of ether oxygens (including phenoxy) is 2. The molecule has 5 nitrogen and oxygen atoms in total. The van der Waals surface area contributed by atoms with Crippen molar-refractivity contribution in [3.05, 3.63) is 0 Å². The van der Waals surface area contributed by atoms with Crippen molar-refractivity contribution in [1.82, 2.24) is 4.67 Å². The minimum absolute atomic E-state index is 0.315. The molecule has 1 fully saturated rings. The number of hydrogen-bond acceptors (Lipinski definition) is 5. The Balaban J connectivity index is 2.44. The van der Waals surface area contributed by atoms with Crippen LogP contribution in [0.2, 0.25) is 0 Å². The maximum atomic E-state index is 8.89. The molecule has 2 N–H and O–H groups in total. The lowest BCUT2D eigenvalue weighted by atomic mass is 10.5. The van der Waals surface area contributed by atoms with Crippen LogP contribution in [0.1, 0.15) is 0 Å². The van der Waals surface area contributed by atoms with Crippen LogP contribution in [0.3, 0.4) is 0 Å². The van der Waals surface area contributed by atoms with E-state index in [0.29, 0.717) is 19.8 Å². The summed E-state index contributed by atoms with van der Waals surface area (Å²) in [6.07, 6.45) is -0.315. The Morgan fingerprint density at radius 1 is 1.64 bits per heavy atom. The summed E-state index contributed by atoms with van der Waals surface area (Å²) in [6, 6.07) is 0. The first-order valence-electron chi connectivity index (χ1n) is 3.30. The molecule has 1 saturated heterocycles. The highest BCUT2D eigenvalue weighted by atomic mass is 31.2. The first-order chi connectivity index (χ1) is 5.25. The largest absolute Gasteiger partial charge is 0.376 e. The number of rotatable bonds is 2. The van der Waals surface area contributed by atoms with Gasteiger partial charge in [-0.25, -0.2) is 4.67 Å². The van der Waals surface area contributed by atoms with Crippen LogP contribution in [-0.2, 0) is 9.47 Å². The van der Waals surface area contributed by atoms with Gasteiger partial charge in [-0.1, -0.05) is 0 Å². The van der Waals surface area contributed by atoms with E-state index in [2.05, 4.69) is 0 Å². The highest BCUT2D eigenvalue weighted by Crippen LogP contribution is 2.33. The molecule has 0 aromatic rings. The van der Waals surface area contributed by atoms with Crippen molar-refractivity contribution in [1.29, 1.82) is 0 Å². The molecule has 1 unspecified atom stereocenters. The molecule has 1 aliphatic heterocycles. The minimum atomic E-state index is -2.04.